The highest BCUT2D eigenvalue weighted by atomic mass is 19.4. The number of amides is 1. The molecule has 0 saturated heterocycles. The maximum absolute atomic E-state index is 12.5. The van der Waals surface area contributed by atoms with E-state index in [2.05, 4.69) is 15.7 Å². The molecule has 0 aliphatic carbocycles. The first-order chi connectivity index (χ1) is 9.86. The topological polar surface area (TPSA) is 82.8 Å². The number of imidazole rings is 1. The number of carbonyl (C=O) groups excluding carboxylic acids is 1. The second kappa shape index (κ2) is 5.65. The van der Waals surface area contributed by atoms with Crippen LogP contribution in [0.2, 0.25) is 0 Å². The molecule has 1 aromatic heterocycles. The summed E-state index contributed by atoms with van der Waals surface area (Å²) >= 11 is 0. The number of benzene rings is 1. The summed E-state index contributed by atoms with van der Waals surface area (Å²) in [6.45, 7) is 0. The molecule has 1 aromatic carbocycles. The van der Waals surface area contributed by atoms with Crippen molar-refractivity contribution in [2.45, 2.75) is 6.18 Å². The Labute approximate surface area is 117 Å². The standard InChI is InChI=1S/C12H10F3N5O/c13-12(14,15)9-3-1-2-8(6-9)10(21)18-11(16)19-20-5-4-17-7-20/h1-7H,(H3,16,18,19,21). The maximum atomic E-state index is 12.5. The summed E-state index contributed by atoms with van der Waals surface area (Å²) in [7, 11) is 0. The minimum absolute atomic E-state index is 0.193. The van der Waals surface area contributed by atoms with Crippen LogP contribution >= 0.6 is 0 Å². The van der Waals surface area contributed by atoms with Crippen molar-refractivity contribution < 1.29 is 18.0 Å². The molecule has 9 heteroatoms. The van der Waals surface area contributed by atoms with E-state index in [1.165, 1.54) is 29.5 Å². The van der Waals surface area contributed by atoms with Crippen molar-refractivity contribution in [3.8, 4) is 0 Å². The van der Waals surface area contributed by atoms with E-state index in [-0.39, 0.29) is 5.56 Å². The Morgan fingerprint density at radius 2 is 2.10 bits per heavy atom. The summed E-state index contributed by atoms with van der Waals surface area (Å²) in [4.78, 5) is 15.5. The lowest BCUT2D eigenvalue weighted by atomic mass is 10.1. The van der Waals surface area contributed by atoms with Gasteiger partial charge in [-0.25, -0.2) is 9.66 Å². The van der Waals surface area contributed by atoms with E-state index in [9.17, 15) is 18.0 Å². The van der Waals surface area contributed by atoms with Gasteiger partial charge < -0.3 is 0 Å². The van der Waals surface area contributed by atoms with E-state index in [0.29, 0.717) is 0 Å². The second-order valence-corrected chi connectivity index (χ2v) is 3.99. The predicted molar refractivity (Wildman–Crippen MR) is 68.2 cm³/mol. The van der Waals surface area contributed by atoms with Crippen molar-refractivity contribution in [1.29, 1.82) is 5.41 Å². The zero-order valence-electron chi connectivity index (χ0n) is 10.5. The number of nitrogens with zero attached hydrogens (tertiary/aromatic N) is 2. The molecule has 1 heterocycles. The number of rotatable bonds is 2. The van der Waals surface area contributed by atoms with Crippen molar-refractivity contribution in [3.63, 3.8) is 0 Å². The van der Waals surface area contributed by atoms with Crippen LogP contribution in [0.25, 0.3) is 0 Å². The van der Waals surface area contributed by atoms with Gasteiger partial charge in [-0.05, 0) is 18.2 Å². The summed E-state index contributed by atoms with van der Waals surface area (Å²) in [5.41, 5.74) is 1.33. The summed E-state index contributed by atoms with van der Waals surface area (Å²) < 4.78 is 38.9. The van der Waals surface area contributed by atoms with Gasteiger partial charge in [-0.2, -0.15) is 13.2 Å². The third-order valence-electron chi connectivity index (χ3n) is 2.44. The number of alkyl halides is 3. The van der Waals surface area contributed by atoms with Crippen molar-refractivity contribution in [3.05, 3.63) is 54.1 Å². The van der Waals surface area contributed by atoms with Crippen molar-refractivity contribution in [2.24, 2.45) is 0 Å². The fourth-order valence-electron chi connectivity index (χ4n) is 1.50. The van der Waals surface area contributed by atoms with E-state index in [1.54, 1.807) is 0 Å². The van der Waals surface area contributed by atoms with E-state index in [0.717, 1.165) is 18.2 Å². The van der Waals surface area contributed by atoms with Gasteiger partial charge in [-0.3, -0.25) is 20.9 Å². The average Bonchev–Trinajstić information content (AvgIpc) is 2.90. The van der Waals surface area contributed by atoms with Crippen LogP contribution < -0.4 is 10.7 Å². The minimum atomic E-state index is -4.53. The molecule has 0 fully saturated rings. The fraction of sp³-hybridized carbons (Fsp3) is 0.0833. The summed E-state index contributed by atoms with van der Waals surface area (Å²) in [6, 6.07) is 3.95. The van der Waals surface area contributed by atoms with Gasteiger partial charge in [0.1, 0.15) is 6.33 Å². The molecule has 0 atom stereocenters. The van der Waals surface area contributed by atoms with Crippen LogP contribution in [0.5, 0.6) is 0 Å². The molecule has 0 unspecified atom stereocenters. The van der Waals surface area contributed by atoms with Gasteiger partial charge in [0.25, 0.3) is 5.91 Å². The fourth-order valence-corrected chi connectivity index (χ4v) is 1.50. The first-order valence-electron chi connectivity index (χ1n) is 5.68. The van der Waals surface area contributed by atoms with Gasteiger partial charge in [-0.1, -0.05) is 6.07 Å². The van der Waals surface area contributed by atoms with E-state index < -0.39 is 23.6 Å². The maximum Gasteiger partial charge on any atom is 0.416 e. The largest absolute Gasteiger partial charge is 0.416 e. The molecule has 110 valence electrons. The van der Waals surface area contributed by atoms with Gasteiger partial charge >= 0.3 is 6.18 Å². The molecule has 6 nitrogen and oxygen atoms in total. The molecule has 21 heavy (non-hydrogen) atoms. The number of hydrogen-bond acceptors (Lipinski definition) is 3. The molecule has 1 amide bonds. The second-order valence-electron chi connectivity index (χ2n) is 3.99. The Kier molecular flexibility index (Phi) is 3.92. The molecule has 0 aliphatic heterocycles. The molecule has 0 spiro atoms. The third-order valence-corrected chi connectivity index (χ3v) is 2.44. The lowest BCUT2D eigenvalue weighted by molar-refractivity contribution is -0.137. The van der Waals surface area contributed by atoms with Crippen LogP contribution in [0.4, 0.5) is 13.2 Å². The van der Waals surface area contributed by atoms with Crippen LogP contribution in [-0.2, 0) is 6.18 Å². The van der Waals surface area contributed by atoms with Crippen LogP contribution in [0.3, 0.4) is 0 Å². The minimum Gasteiger partial charge on any atom is -0.291 e. The van der Waals surface area contributed by atoms with Gasteiger partial charge in [0, 0.05) is 18.0 Å². The normalized spacial score (nSPS) is 11.0. The molecule has 2 aromatic rings. The first-order valence-corrected chi connectivity index (χ1v) is 5.68. The Morgan fingerprint density at radius 1 is 1.33 bits per heavy atom. The number of carbonyl (C=O) groups is 1. The molecule has 0 radical (unpaired) electrons. The average molecular weight is 297 g/mol. The Bertz CT molecular complexity index is 651. The summed E-state index contributed by atoms with van der Waals surface area (Å²) in [6.07, 6.45) is -0.232. The Balaban J connectivity index is 2.05. The van der Waals surface area contributed by atoms with Gasteiger partial charge in [0.2, 0.25) is 5.96 Å². The summed E-state index contributed by atoms with van der Waals surface area (Å²) in [5.74, 6) is -1.21. The van der Waals surface area contributed by atoms with Crippen LogP contribution in [0.1, 0.15) is 15.9 Å². The number of aromatic nitrogens is 2. The zero-order chi connectivity index (χ0) is 15.5. The highest BCUT2D eigenvalue weighted by molar-refractivity contribution is 6.07. The number of nitrogens with one attached hydrogen (secondary N) is 3. The lowest BCUT2D eigenvalue weighted by Crippen LogP contribution is -2.38. The molecular formula is C12H10F3N5O. The van der Waals surface area contributed by atoms with Crippen LogP contribution in [0.15, 0.2) is 43.0 Å². The van der Waals surface area contributed by atoms with Crippen molar-refractivity contribution in [1.82, 2.24) is 15.0 Å². The number of hydrogen-bond donors (Lipinski definition) is 3. The van der Waals surface area contributed by atoms with Gasteiger partial charge in [0.05, 0.1) is 5.56 Å². The van der Waals surface area contributed by atoms with Crippen LogP contribution in [0, 0.1) is 5.41 Å². The van der Waals surface area contributed by atoms with Crippen molar-refractivity contribution in [2.75, 3.05) is 5.43 Å². The monoisotopic (exact) mass is 297 g/mol. The molecule has 0 bridgehead atoms. The van der Waals surface area contributed by atoms with Gasteiger partial charge in [-0.15, -0.1) is 0 Å². The predicted octanol–water partition coefficient (Wildman–Crippen LogP) is 1.81. The molecular weight excluding hydrogens is 287 g/mol. The van der Waals surface area contributed by atoms with E-state index in [4.69, 9.17) is 5.41 Å². The number of halogens is 3. The highest BCUT2D eigenvalue weighted by Gasteiger charge is 2.30. The number of guanidine groups is 1. The van der Waals surface area contributed by atoms with Gasteiger partial charge in [0.15, 0.2) is 0 Å². The third kappa shape index (κ3) is 3.81. The molecule has 2 rings (SSSR count). The smallest absolute Gasteiger partial charge is 0.291 e. The van der Waals surface area contributed by atoms with Crippen molar-refractivity contribution >= 4 is 11.9 Å². The van der Waals surface area contributed by atoms with E-state index in [1.807, 2.05) is 0 Å². The summed E-state index contributed by atoms with van der Waals surface area (Å²) in [5, 5.41) is 9.64. The first kappa shape index (κ1) is 14.6. The lowest BCUT2D eigenvalue weighted by Gasteiger charge is -2.11. The highest BCUT2D eigenvalue weighted by Crippen LogP contribution is 2.29. The Morgan fingerprint density at radius 3 is 2.71 bits per heavy atom. The SMILES string of the molecule is N=C(NC(=O)c1cccc(C(F)(F)F)c1)Nn1ccnc1. The van der Waals surface area contributed by atoms with E-state index >= 15 is 0 Å². The quantitative estimate of drug-likeness (QED) is 0.584. The van der Waals surface area contributed by atoms with Crippen LogP contribution in [-0.4, -0.2) is 21.5 Å². The molecule has 3 N–H and O–H groups in total. The molecule has 0 saturated carbocycles. The Hall–Kier alpha value is -2.84. The molecule has 0 aliphatic rings. The zero-order valence-corrected chi connectivity index (χ0v) is 10.5.